The van der Waals surface area contributed by atoms with Crippen LogP contribution < -0.4 is 26.2 Å². The van der Waals surface area contributed by atoms with Crippen LogP contribution >= 0.6 is 12.2 Å². The van der Waals surface area contributed by atoms with Gasteiger partial charge in [0.1, 0.15) is 12.4 Å². The highest BCUT2D eigenvalue weighted by Crippen LogP contribution is 2.14. The Balaban J connectivity index is 1.45. The van der Waals surface area contributed by atoms with Crippen molar-refractivity contribution in [3.63, 3.8) is 0 Å². The van der Waals surface area contributed by atoms with Crippen molar-refractivity contribution in [2.75, 3.05) is 25.6 Å². The molecular formula is C26H26N4O5S. The molecule has 3 rings (SSSR count). The third kappa shape index (κ3) is 7.62. The molecule has 3 amide bonds. The number of carbonyl (C=O) groups excluding carboxylic acids is 3. The summed E-state index contributed by atoms with van der Waals surface area (Å²) in [6.07, 6.45) is 0. The summed E-state index contributed by atoms with van der Waals surface area (Å²) in [5.74, 6) is -0.543. The summed E-state index contributed by atoms with van der Waals surface area (Å²) < 4.78 is 10.4. The van der Waals surface area contributed by atoms with E-state index < -0.39 is 11.8 Å². The van der Waals surface area contributed by atoms with Gasteiger partial charge in [0.25, 0.3) is 17.7 Å². The van der Waals surface area contributed by atoms with E-state index in [0.717, 1.165) is 5.56 Å². The maximum atomic E-state index is 12.4. The number of aryl methyl sites for hydroxylation is 1. The molecule has 0 aromatic heterocycles. The summed E-state index contributed by atoms with van der Waals surface area (Å²) in [5, 5.41) is 5.21. The number of methoxy groups -OCH3 is 1. The maximum Gasteiger partial charge on any atom is 0.269 e. The molecule has 0 fully saturated rings. The molecule has 3 aromatic carbocycles. The zero-order valence-corrected chi connectivity index (χ0v) is 20.6. The number of amides is 3. The van der Waals surface area contributed by atoms with Gasteiger partial charge in [-0.1, -0.05) is 18.2 Å². The molecular weight excluding hydrogens is 480 g/mol. The Hall–Kier alpha value is -4.28. The van der Waals surface area contributed by atoms with E-state index in [0.29, 0.717) is 41.3 Å². The van der Waals surface area contributed by atoms with Crippen molar-refractivity contribution in [2.24, 2.45) is 0 Å². The van der Waals surface area contributed by atoms with Crippen LogP contribution in [0.5, 0.6) is 5.75 Å². The minimum Gasteiger partial charge on any atom is -0.491 e. The summed E-state index contributed by atoms with van der Waals surface area (Å²) >= 11 is 5.08. The smallest absolute Gasteiger partial charge is 0.269 e. The van der Waals surface area contributed by atoms with Gasteiger partial charge in [-0.3, -0.25) is 30.6 Å². The van der Waals surface area contributed by atoms with Crippen LogP contribution in [0.25, 0.3) is 0 Å². The van der Waals surface area contributed by atoms with Crippen LogP contribution in [0, 0.1) is 6.92 Å². The van der Waals surface area contributed by atoms with Crippen LogP contribution in [0.3, 0.4) is 0 Å². The average molecular weight is 507 g/mol. The molecule has 0 atom stereocenters. The van der Waals surface area contributed by atoms with Crippen LogP contribution in [0.2, 0.25) is 0 Å². The Morgan fingerprint density at radius 3 is 2.08 bits per heavy atom. The van der Waals surface area contributed by atoms with Crippen LogP contribution in [-0.2, 0) is 4.74 Å². The Morgan fingerprint density at radius 1 is 0.778 bits per heavy atom. The number of hydrogen-bond donors (Lipinski definition) is 4. The highest BCUT2D eigenvalue weighted by Gasteiger charge is 2.12. The fourth-order valence-corrected chi connectivity index (χ4v) is 3.21. The molecule has 0 heterocycles. The van der Waals surface area contributed by atoms with E-state index in [1.807, 2.05) is 19.1 Å². The van der Waals surface area contributed by atoms with Crippen molar-refractivity contribution in [2.45, 2.75) is 6.92 Å². The number of hydrazine groups is 1. The molecule has 0 bridgehead atoms. The van der Waals surface area contributed by atoms with Crippen LogP contribution in [0.1, 0.15) is 36.6 Å². The van der Waals surface area contributed by atoms with Crippen molar-refractivity contribution in [1.29, 1.82) is 0 Å². The molecule has 0 aliphatic heterocycles. The van der Waals surface area contributed by atoms with Gasteiger partial charge in [0.2, 0.25) is 0 Å². The molecule has 0 radical (unpaired) electrons. The molecule has 0 saturated heterocycles. The first kappa shape index (κ1) is 26.3. The summed E-state index contributed by atoms with van der Waals surface area (Å²) in [6.45, 7) is 2.72. The molecule has 4 N–H and O–H groups in total. The van der Waals surface area contributed by atoms with Crippen molar-refractivity contribution in [3.8, 4) is 5.75 Å². The number of hydrogen-bond acceptors (Lipinski definition) is 6. The summed E-state index contributed by atoms with van der Waals surface area (Å²) in [5.41, 5.74) is 7.60. The highest BCUT2D eigenvalue weighted by molar-refractivity contribution is 7.80. The third-order valence-corrected chi connectivity index (χ3v) is 5.19. The fourth-order valence-electron chi connectivity index (χ4n) is 3.07. The second-order valence-corrected chi connectivity index (χ2v) is 7.98. The largest absolute Gasteiger partial charge is 0.491 e. The van der Waals surface area contributed by atoms with Crippen LogP contribution in [-0.4, -0.2) is 43.2 Å². The number of rotatable bonds is 8. The van der Waals surface area contributed by atoms with Crippen LogP contribution in [0.15, 0.2) is 72.8 Å². The van der Waals surface area contributed by atoms with E-state index in [-0.39, 0.29) is 11.0 Å². The molecule has 10 heteroatoms. The monoisotopic (exact) mass is 506 g/mol. The Kier molecular flexibility index (Phi) is 9.49. The lowest BCUT2D eigenvalue weighted by atomic mass is 10.1. The number of nitrogens with one attached hydrogen (secondary N) is 4. The molecule has 3 aromatic rings. The number of carbonyl (C=O) groups is 3. The topological polar surface area (TPSA) is 118 Å². The normalized spacial score (nSPS) is 10.2. The zero-order chi connectivity index (χ0) is 25.9. The van der Waals surface area contributed by atoms with Crippen molar-refractivity contribution in [3.05, 3.63) is 95.1 Å². The SMILES string of the molecule is COCCOc1ccc(C(=O)NC(=S)NNC(=O)c2ccc(NC(=O)c3ccccc3C)cc2)cc1. The zero-order valence-electron chi connectivity index (χ0n) is 19.8. The molecule has 0 spiro atoms. The van der Waals surface area contributed by atoms with Gasteiger partial charge in [-0.25, -0.2) is 0 Å². The number of ether oxygens (including phenoxy) is 2. The first-order chi connectivity index (χ1) is 17.4. The van der Waals surface area contributed by atoms with Gasteiger partial charge < -0.3 is 14.8 Å². The van der Waals surface area contributed by atoms with Crippen molar-refractivity contribution >= 4 is 40.7 Å². The number of benzene rings is 3. The molecule has 186 valence electrons. The van der Waals surface area contributed by atoms with Crippen molar-refractivity contribution in [1.82, 2.24) is 16.2 Å². The third-order valence-electron chi connectivity index (χ3n) is 4.98. The Bertz CT molecular complexity index is 1230. The minimum atomic E-state index is -0.471. The summed E-state index contributed by atoms with van der Waals surface area (Å²) in [6, 6.07) is 20.1. The predicted molar refractivity (Wildman–Crippen MR) is 140 cm³/mol. The van der Waals surface area contributed by atoms with E-state index >= 15 is 0 Å². The summed E-state index contributed by atoms with van der Waals surface area (Å²) in [7, 11) is 1.58. The molecule has 0 aliphatic rings. The standard InChI is InChI=1S/C26H26N4O5S/c1-17-5-3-4-6-22(17)25(33)27-20-11-7-19(8-12-20)24(32)29-30-26(36)28-23(31)18-9-13-21(14-10-18)35-16-15-34-2/h3-14H,15-16H2,1-2H3,(H,27,33)(H,29,32)(H2,28,30,31,36). The van der Waals surface area contributed by atoms with Gasteiger partial charge in [-0.2, -0.15) is 0 Å². The van der Waals surface area contributed by atoms with E-state index in [1.165, 1.54) is 0 Å². The van der Waals surface area contributed by atoms with Gasteiger partial charge in [-0.15, -0.1) is 0 Å². The molecule has 36 heavy (non-hydrogen) atoms. The average Bonchev–Trinajstić information content (AvgIpc) is 2.88. The lowest BCUT2D eigenvalue weighted by Crippen LogP contribution is -2.48. The van der Waals surface area contributed by atoms with Gasteiger partial charge in [0.05, 0.1) is 6.61 Å². The second-order valence-electron chi connectivity index (χ2n) is 7.57. The molecule has 0 saturated carbocycles. The van der Waals surface area contributed by atoms with Gasteiger partial charge in [-0.05, 0) is 79.3 Å². The van der Waals surface area contributed by atoms with Gasteiger partial charge in [0, 0.05) is 29.5 Å². The first-order valence-electron chi connectivity index (χ1n) is 11.0. The summed E-state index contributed by atoms with van der Waals surface area (Å²) in [4.78, 5) is 37.2. The lowest BCUT2D eigenvalue weighted by Gasteiger charge is -2.12. The van der Waals surface area contributed by atoms with E-state index in [2.05, 4.69) is 21.5 Å². The van der Waals surface area contributed by atoms with Crippen molar-refractivity contribution < 1.29 is 23.9 Å². The lowest BCUT2D eigenvalue weighted by molar-refractivity contribution is 0.0934. The predicted octanol–water partition coefficient (Wildman–Crippen LogP) is 3.22. The molecule has 0 unspecified atom stereocenters. The second kappa shape index (κ2) is 13.0. The Morgan fingerprint density at radius 2 is 1.42 bits per heavy atom. The maximum absolute atomic E-state index is 12.4. The van der Waals surface area contributed by atoms with E-state index in [4.69, 9.17) is 21.7 Å². The first-order valence-corrected chi connectivity index (χ1v) is 11.4. The van der Waals surface area contributed by atoms with E-state index in [9.17, 15) is 14.4 Å². The van der Waals surface area contributed by atoms with Gasteiger partial charge >= 0.3 is 0 Å². The minimum absolute atomic E-state index is 0.0733. The Labute approximate surface area is 214 Å². The van der Waals surface area contributed by atoms with Gasteiger partial charge in [0.15, 0.2) is 5.11 Å². The number of thiocarbonyl (C=S) groups is 1. The fraction of sp³-hybridized carbons (Fsp3) is 0.154. The van der Waals surface area contributed by atoms with Crippen LogP contribution in [0.4, 0.5) is 5.69 Å². The van der Waals surface area contributed by atoms with E-state index in [1.54, 1.807) is 67.8 Å². The highest BCUT2D eigenvalue weighted by atomic mass is 32.1. The number of anilines is 1. The molecule has 0 aliphatic carbocycles. The quantitative estimate of drug-likeness (QED) is 0.211. The molecule has 9 nitrogen and oxygen atoms in total.